The zero-order valence-electron chi connectivity index (χ0n) is 16.8. The molecule has 6 heteroatoms. The van der Waals surface area contributed by atoms with E-state index >= 15 is 0 Å². The molecule has 0 aliphatic heterocycles. The summed E-state index contributed by atoms with van der Waals surface area (Å²) in [5.74, 6) is 0.379. The molecule has 0 unspecified atom stereocenters. The molecule has 0 saturated heterocycles. The molecule has 2 aromatic carbocycles. The number of rotatable bonds is 9. The second-order valence-corrected chi connectivity index (χ2v) is 7.18. The lowest BCUT2D eigenvalue weighted by Gasteiger charge is -2.07. The van der Waals surface area contributed by atoms with E-state index in [1.807, 2.05) is 30.5 Å². The summed E-state index contributed by atoms with van der Waals surface area (Å²) in [4.78, 5) is 24.1. The fourth-order valence-electron chi connectivity index (χ4n) is 3.43. The molecule has 0 aliphatic rings. The minimum atomic E-state index is -0.162. The van der Waals surface area contributed by atoms with E-state index in [0.29, 0.717) is 18.1 Å². The highest BCUT2D eigenvalue weighted by atomic mass is 16.1. The first kappa shape index (κ1) is 19.6. The Bertz CT molecular complexity index is 1090. The summed E-state index contributed by atoms with van der Waals surface area (Å²) in [5.41, 5.74) is 4.08. The molecular weight excluding hydrogens is 374 g/mol. The highest BCUT2D eigenvalue weighted by Crippen LogP contribution is 2.17. The van der Waals surface area contributed by atoms with Crippen LogP contribution in [0.25, 0.3) is 10.9 Å². The lowest BCUT2D eigenvalue weighted by molar-refractivity contribution is 0.0953. The quantitative estimate of drug-likeness (QED) is 0.372. The molecule has 0 fully saturated rings. The van der Waals surface area contributed by atoms with Gasteiger partial charge in [0.1, 0.15) is 0 Å². The van der Waals surface area contributed by atoms with Gasteiger partial charge in [-0.05, 0) is 36.5 Å². The van der Waals surface area contributed by atoms with Crippen molar-refractivity contribution in [2.75, 3.05) is 18.4 Å². The summed E-state index contributed by atoms with van der Waals surface area (Å²) in [6.45, 7) is 1.34. The largest absolute Gasteiger partial charge is 0.361 e. The van der Waals surface area contributed by atoms with E-state index in [1.54, 1.807) is 12.4 Å². The van der Waals surface area contributed by atoms with Crippen LogP contribution < -0.4 is 10.6 Å². The number of hydrogen-bond acceptors (Lipinski definition) is 4. The Morgan fingerprint density at radius 3 is 2.50 bits per heavy atom. The fourth-order valence-corrected chi connectivity index (χ4v) is 3.43. The zero-order valence-corrected chi connectivity index (χ0v) is 16.8. The minimum Gasteiger partial charge on any atom is -0.361 e. The monoisotopic (exact) mass is 399 g/mol. The van der Waals surface area contributed by atoms with Crippen LogP contribution in [0.15, 0.2) is 73.2 Å². The molecule has 0 bridgehead atoms. The number of H-pyrrole nitrogens is 1. The van der Waals surface area contributed by atoms with E-state index in [1.165, 1.54) is 16.5 Å². The molecule has 0 saturated carbocycles. The summed E-state index contributed by atoms with van der Waals surface area (Å²) >= 11 is 0. The van der Waals surface area contributed by atoms with Gasteiger partial charge in [-0.1, -0.05) is 48.5 Å². The van der Waals surface area contributed by atoms with Crippen LogP contribution >= 0.6 is 0 Å². The van der Waals surface area contributed by atoms with E-state index in [9.17, 15) is 4.79 Å². The summed E-state index contributed by atoms with van der Waals surface area (Å²) in [7, 11) is 0. The Balaban J connectivity index is 1.21. The average molecular weight is 399 g/mol. The molecule has 4 rings (SSSR count). The number of amides is 1. The first-order chi connectivity index (χ1) is 14.8. The third kappa shape index (κ3) is 5.03. The lowest BCUT2D eigenvalue weighted by atomic mass is 10.1. The summed E-state index contributed by atoms with van der Waals surface area (Å²) in [6.07, 6.45) is 7.88. The summed E-state index contributed by atoms with van der Waals surface area (Å²) in [6, 6.07) is 18.5. The van der Waals surface area contributed by atoms with Crippen molar-refractivity contribution in [1.29, 1.82) is 0 Å². The summed E-state index contributed by atoms with van der Waals surface area (Å²) in [5, 5.41) is 7.33. The van der Waals surface area contributed by atoms with Gasteiger partial charge in [0.2, 0.25) is 5.95 Å². The van der Waals surface area contributed by atoms with Crippen LogP contribution in [0.1, 0.15) is 27.9 Å². The number of aromatic amines is 1. The molecule has 3 N–H and O–H groups in total. The van der Waals surface area contributed by atoms with Gasteiger partial charge in [0.05, 0.1) is 5.56 Å². The number of nitrogens with one attached hydrogen (secondary N) is 3. The van der Waals surface area contributed by atoms with Crippen molar-refractivity contribution >= 4 is 22.8 Å². The van der Waals surface area contributed by atoms with Crippen LogP contribution in [0.3, 0.4) is 0 Å². The predicted molar refractivity (Wildman–Crippen MR) is 120 cm³/mol. The number of benzene rings is 2. The molecule has 0 radical (unpaired) electrons. The third-order valence-electron chi connectivity index (χ3n) is 5.04. The van der Waals surface area contributed by atoms with Crippen molar-refractivity contribution in [2.24, 2.45) is 0 Å². The Kier molecular flexibility index (Phi) is 6.35. The molecule has 6 nitrogen and oxygen atoms in total. The zero-order chi connectivity index (χ0) is 20.6. The number of para-hydroxylation sites is 1. The number of aryl methyl sites for hydroxylation is 1. The molecule has 4 aromatic rings. The van der Waals surface area contributed by atoms with Gasteiger partial charge >= 0.3 is 0 Å². The number of aromatic nitrogens is 3. The van der Waals surface area contributed by atoms with Gasteiger partial charge in [-0.2, -0.15) is 0 Å². The maximum Gasteiger partial charge on any atom is 0.254 e. The van der Waals surface area contributed by atoms with Crippen LogP contribution in [0, 0.1) is 0 Å². The second kappa shape index (κ2) is 9.69. The van der Waals surface area contributed by atoms with Crippen molar-refractivity contribution in [3.8, 4) is 0 Å². The normalized spacial score (nSPS) is 10.8. The number of nitrogens with zero attached hydrogens (tertiary/aromatic N) is 2. The van der Waals surface area contributed by atoms with Gasteiger partial charge in [-0.3, -0.25) is 4.79 Å². The standard InChI is InChI=1S/C24H25N5O/c30-23(25-14-12-19-15-27-22-11-5-4-10-21(19)22)20-16-28-24(29-17-20)26-13-6-9-18-7-2-1-3-8-18/h1-5,7-8,10-11,15-17,27H,6,9,12-14H2,(H,25,30)(H,26,28,29). The molecule has 2 heterocycles. The maximum absolute atomic E-state index is 12.3. The molecule has 0 atom stereocenters. The maximum atomic E-state index is 12.3. The molecule has 0 aliphatic carbocycles. The van der Waals surface area contributed by atoms with Gasteiger partial charge < -0.3 is 15.6 Å². The number of carbonyl (C=O) groups is 1. The third-order valence-corrected chi connectivity index (χ3v) is 5.04. The van der Waals surface area contributed by atoms with E-state index < -0.39 is 0 Å². The first-order valence-electron chi connectivity index (χ1n) is 10.2. The average Bonchev–Trinajstić information content (AvgIpc) is 3.21. The molecule has 152 valence electrons. The Morgan fingerprint density at radius 2 is 1.67 bits per heavy atom. The molecular formula is C24H25N5O. The van der Waals surface area contributed by atoms with Gasteiger partial charge in [0, 0.05) is 42.6 Å². The molecule has 2 aromatic heterocycles. The molecule has 0 spiro atoms. The van der Waals surface area contributed by atoms with Crippen LogP contribution in [0.5, 0.6) is 0 Å². The van der Waals surface area contributed by atoms with Gasteiger partial charge in [-0.15, -0.1) is 0 Å². The van der Waals surface area contributed by atoms with E-state index in [-0.39, 0.29) is 5.91 Å². The van der Waals surface area contributed by atoms with Crippen molar-refractivity contribution in [2.45, 2.75) is 19.3 Å². The van der Waals surface area contributed by atoms with E-state index in [0.717, 1.165) is 31.3 Å². The van der Waals surface area contributed by atoms with Crippen molar-refractivity contribution in [3.05, 3.63) is 89.9 Å². The molecule has 1 amide bonds. The Labute approximate surface area is 175 Å². The summed E-state index contributed by atoms with van der Waals surface area (Å²) < 4.78 is 0. The van der Waals surface area contributed by atoms with Crippen LogP contribution in [-0.2, 0) is 12.8 Å². The van der Waals surface area contributed by atoms with Crippen molar-refractivity contribution in [1.82, 2.24) is 20.3 Å². The smallest absolute Gasteiger partial charge is 0.254 e. The number of carbonyl (C=O) groups excluding carboxylic acids is 1. The van der Waals surface area contributed by atoms with Gasteiger partial charge in [-0.25, -0.2) is 9.97 Å². The van der Waals surface area contributed by atoms with Gasteiger partial charge in [0.25, 0.3) is 5.91 Å². The fraction of sp³-hybridized carbons (Fsp3) is 0.208. The Hall–Kier alpha value is -3.67. The predicted octanol–water partition coefficient (Wildman–Crippen LogP) is 3.98. The van der Waals surface area contributed by atoms with E-state index in [4.69, 9.17) is 0 Å². The van der Waals surface area contributed by atoms with E-state index in [2.05, 4.69) is 55.9 Å². The Morgan fingerprint density at radius 1 is 0.900 bits per heavy atom. The highest BCUT2D eigenvalue weighted by molar-refractivity contribution is 5.93. The van der Waals surface area contributed by atoms with Crippen molar-refractivity contribution in [3.63, 3.8) is 0 Å². The minimum absolute atomic E-state index is 0.162. The number of hydrogen-bond donors (Lipinski definition) is 3. The number of anilines is 1. The second-order valence-electron chi connectivity index (χ2n) is 7.18. The van der Waals surface area contributed by atoms with Crippen LogP contribution in [0.2, 0.25) is 0 Å². The topological polar surface area (TPSA) is 82.7 Å². The molecule has 30 heavy (non-hydrogen) atoms. The van der Waals surface area contributed by atoms with Gasteiger partial charge in [0.15, 0.2) is 0 Å². The van der Waals surface area contributed by atoms with Crippen molar-refractivity contribution < 1.29 is 4.79 Å². The lowest BCUT2D eigenvalue weighted by Crippen LogP contribution is -2.26. The van der Waals surface area contributed by atoms with Crippen LogP contribution in [0.4, 0.5) is 5.95 Å². The highest BCUT2D eigenvalue weighted by Gasteiger charge is 2.08. The first-order valence-corrected chi connectivity index (χ1v) is 10.2. The SMILES string of the molecule is O=C(NCCc1c[nH]c2ccccc12)c1cnc(NCCCc2ccccc2)nc1. The van der Waals surface area contributed by atoms with Crippen LogP contribution in [-0.4, -0.2) is 33.9 Å². The number of fused-ring (bicyclic) bond motifs is 1.